The number of benzene rings is 1. The van der Waals surface area contributed by atoms with Crippen LogP contribution in [0.5, 0.6) is 0 Å². The molecule has 1 heterocycles. The molecule has 18 heavy (non-hydrogen) atoms. The first-order valence-corrected chi connectivity index (χ1v) is 5.13. The Balaban J connectivity index is 2.03. The number of rotatable bonds is 4. The van der Waals surface area contributed by atoms with Crippen LogP contribution in [-0.2, 0) is 13.1 Å². The van der Waals surface area contributed by atoms with Gasteiger partial charge in [-0.2, -0.15) is 10.4 Å². The molecule has 0 unspecified atom stereocenters. The number of H-pyrrole nitrogens is 1. The van der Waals surface area contributed by atoms with Gasteiger partial charge in [-0.3, -0.25) is 5.10 Å². The van der Waals surface area contributed by atoms with Gasteiger partial charge < -0.3 is 5.32 Å². The van der Waals surface area contributed by atoms with E-state index in [4.69, 9.17) is 5.26 Å². The molecule has 2 rings (SSSR count). The van der Waals surface area contributed by atoms with Crippen LogP contribution in [0, 0.1) is 23.0 Å². The molecule has 2 N–H and O–H groups in total. The Bertz CT molecular complexity index is 551. The van der Waals surface area contributed by atoms with E-state index in [-0.39, 0.29) is 17.7 Å². The average Bonchev–Trinajstić information content (AvgIpc) is 2.85. The van der Waals surface area contributed by atoms with Crippen molar-refractivity contribution >= 4 is 0 Å². The summed E-state index contributed by atoms with van der Waals surface area (Å²) < 4.78 is 27.0. The second-order valence-electron chi connectivity index (χ2n) is 3.57. The van der Waals surface area contributed by atoms with E-state index in [1.807, 2.05) is 0 Å². The summed E-state index contributed by atoms with van der Waals surface area (Å²) in [7, 11) is 0. The molecule has 1 aromatic carbocycles. The van der Waals surface area contributed by atoms with Crippen molar-refractivity contribution in [3.05, 3.63) is 47.0 Å². The third kappa shape index (κ3) is 2.67. The molecule has 0 bridgehead atoms. The topological polar surface area (TPSA) is 77.4 Å². The Morgan fingerprint density at radius 1 is 1.28 bits per heavy atom. The van der Waals surface area contributed by atoms with Crippen LogP contribution in [0.3, 0.4) is 0 Å². The molecule has 0 spiro atoms. The number of aromatic amines is 1. The van der Waals surface area contributed by atoms with Gasteiger partial charge in [0.2, 0.25) is 0 Å². The van der Waals surface area contributed by atoms with E-state index in [2.05, 4.69) is 20.5 Å². The third-order valence-corrected chi connectivity index (χ3v) is 2.33. The predicted molar refractivity (Wildman–Crippen MR) is 58.0 cm³/mol. The van der Waals surface area contributed by atoms with Crippen molar-refractivity contribution in [2.24, 2.45) is 0 Å². The predicted octanol–water partition coefficient (Wildman–Crippen LogP) is 1.24. The van der Waals surface area contributed by atoms with E-state index in [0.29, 0.717) is 12.4 Å². The Morgan fingerprint density at radius 2 is 2.00 bits per heavy atom. The van der Waals surface area contributed by atoms with Crippen LogP contribution in [0.25, 0.3) is 0 Å². The quantitative estimate of drug-likeness (QED) is 0.854. The van der Waals surface area contributed by atoms with E-state index in [1.54, 1.807) is 6.07 Å². The molecule has 0 atom stereocenters. The molecule has 92 valence electrons. The van der Waals surface area contributed by atoms with Gasteiger partial charge in [-0.05, 0) is 12.1 Å². The highest BCUT2D eigenvalue weighted by molar-refractivity contribution is 5.34. The summed E-state index contributed by atoms with van der Waals surface area (Å²) in [5, 5.41) is 17.6. The van der Waals surface area contributed by atoms with E-state index in [0.717, 1.165) is 12.1 Å². The number of nitrogens with one attached hydrogen (secondary N) is 2. The maximum absolute atomic E-state index is 13.5. The minimum Gasteiger partial charge on any atom is -0.306 e. The highest BCUT2D eigenvalue weighted by Gasteiger charge is 2.10. The molecule has 0 aliphatic carbocycles. The van der Waals surface area contributed by atoms with E-state index >= 15 is 0 Å². The normalized spacial score (nSPS) is 10.3. The standard InChI is InChI=1S/C11H9F2N5/c12-9-1-7(3-14)2-10(13)8(9)4-15-5-11-16-6-17-18-11/h1-2,6,15H,4-5H2,(H,16,17,18). The van der Waals surface area contributed by atoms with Gasteiger partial charge in [0, 0.05) is 12.1 Å². The molecular weight excluding hydrogens is 240 g/mol. The van der Waals surface area contributed by atoms with Crippen molar-refractivity contribution < 1.29 is 8.78 Å². The van der Waals surface area contributed by atoms with Gasteiger partial charge in [-0.15, -0.1) is 0 Å². The number of nitriles is 1. The number of nitrogens with zero attached hydrogens (tertiary/aromatic N) is 3. The van der Waals surface area contributed by atoms with Gasteiger partial charge in [-0.25, -0.2) is 13.8 Å². The molecule has 0 saturated heterocycles. The second kappa shape index (κ2) is 5.33. The fourth-order valence-corrected chi connectivity index (χ4v) is 1.46. The van der Waals surface area contributed by atoms with Crippen molar-refractivity contribution in [1.82, 2.24) is 20.5 Å². The molecule has 5 nitrogen and oxygen atoms in total. The number of hydrogen-bond donors (Lipinski definition) is 2. The van der Waals surface area contributed by atoms with E-state index in [9.17, 15) is 8.78 Å². The SMILES string of the molecule is N#Cc1cc(F)c(CNCc2ncn[nH]2)c(F)c1. The molecule has 0 fully saturated rings. The Hall–Kier alpha value is -2.33. The summed E-state index contributed by atoms with van der Waals surface area (Å²) >= 11 is 0. The zero-order valence-corrected chi connectivity index (χ0v) is 9.24. The van der Waals surface area contributed by atoms with Crippen molar-refractivity contribution in [3.8, 4) is 6.07 Å². The van der Waals surface area contributed by atoms with Gasteiger partial charge in [-0.1, -0.05) is 0 Å². The Morgan fingerprint density at radius 3 is 2.56 bits per heavy atom. The summed E-state index contributed by atoms with van der Waals surface area (Å²) in [5.74, 6) is -0.905. The Labute approximate surface area is 101 Å². The number of hydrogen-bond acceptors (Lipinski definition) is 4. The molecular formula is C11H9F2N5. The lowest BCUT2D eigenvalue weighted by atomic mass is 10.1. The van der Waals surface area contributed by atoms with Gasteiger partial charge in [0.15, 0.2) is 0 Å². The minimum atomic E-state index is -0.739. The largest absolute Gasteiger partial charge is 0.306 e. The van der Waals surface area contributed by atoms with Gasteiger partial charge in [0.25, 0.3) is 0 Å². The highest BCUT2D eigenvalue weighted by atomic mass is 19.1. The number of aromatic nitrogens is 3. The van der Waals surface area contributed by atoms with Gasteiger partial charge >= 0.3 is 0 Å². The van der Waals surface area contributed by atoms with Crippen LogP contribution in [0.15, 0.2) is 18.5 Å². The van der Waals surface area contributed by atoms with Crippen molar-refractivity contribution in [2.75, 3.05) is 0 Å². The zero-order valence-electron chi connectivity index (χ0n) is 9.24. The molecule has 0 saturated carbocycles. The third-order valence-electron chi connectivity index (χ3n) is 2.33. The molecule has 0 aliphatic rings. The monoisotopic (exact) mass is 249 g/mol. The van der Waals surface area contributed by atoms with Gasteiger partial charge in [0.1, 0.15) is 23.8 Å². The summed E-state index contributed by atoms with van der Waals surface area (Å²) in [5.41, 5.74) is -0.141. The summed E-state index contributed by atoms with van der Waals surface area (Å²) in [6.07, 6.45) is 1.35. The first-order chi connectivity index (χ1) is 8.70. The lowest BCUT2D eigenvalue weighted by Gasteiger charge is -2.06. The molecule has 2 aromatic rings. The second-order valence-corrected chi connectivity index (χ2v) is 3.57. The maximum atomic E-state index is 13.5. The van der Waals surface area contributed by atoms with Crippen LogP contribution in [0.4, 0.5) is 8.78 Å². The lowest BCUT2D eigenvalue weighted by Crippen LogP contribution is -2.16. The molecule has 1 aromatic heterocycles. The molecule has 0 aliphatic heterocycles. The fourth-order valence-electron chi connectivity index (χ4n) is 1.46. The van der Waals surface area contributed by atoms with Crippen LogP contribution in [-0.4, -0.2) is 15.2 Å². The lowest BCUT2D eigenvalue weighted by molar-refractivity contribution is 0.532. The smallest absolute Gasteiger partial charge is 0.138 e. The van der Waals surface area contributed by atoms with Crippen molar-refractivity contribution in [2.45, 2.75) is 13.1 Å². The molecule has 7 heteroatoms. The fraction of sp³-hybridized carbons (Fsp3) is 0.182. The molecule has 0 radical (unpaired) electrons. The van der Waals surface area contributed by atoms with Crippen LogP contribution >= 0.6 is 0 Å². The highest BCUT2D eigenvalue weighted by Crippen LogP contribution is 2.14. The van der Waals surface area contributed by atoms with Crippen LogP contribution in [0.1, 0.15) is 17.0 Å². The summed E-state index contributed by atoms with van der Waals surface area (Å²) in [4.78, 5) is 3.86. The van der Waals surface area contributed by atoms with Crippen molar-refractivity contribution in [1.29, 1.82) is 5.26 Å². The van der Waals surface area contributed by atoms with Crippen LogP contribution in [0.2, 0.25) is 0 Å². The van der Waals surface area contributed by atoms with E-state index in [1.165, 1.54) is 6.33 Å². The first kappa shape index (κ1) is 12.1. The summed E-state index contributed by atoms with van der Waals surface area (Å²) in [6, 6.07) is 3.71. The first-order valence-electron chi connectivity index (χ1n) is 5.13. The van der Waals surface area contributed by atoms with E-state index < -0.39 is 11.6 Å². The zero-order chi connectivity index (χ0) is 13.0. The maximum Gasteiger partial charge on any atom is 0.138 e. The van der Waals surface area contributed by atoms with Gasteiger partial charge in [0.05, 0.1) is 18.2 Å². The Kier molecular flexibility index (Phi) is 3.60. The molecule has 0 amide bonds. The number of halogens is 2. The summed E-state index contributed by atoms with van der Waals surface area (Å²) in [6.45, 7) is 0.322. The van der Waals surface area contributed by atoms with Crippen molar-refractivity contribution in [3.63, 3.8) is 0 Å². The minimum absolute atomic E-state index is 0.00404. The van der Waals surface area contributed by atoms with Crippen LogP contribution < -0.4 is 5.32 Å². The average molecular weight is 249 g/mol.